The summed E-state index contributed by atoms with van der Waals surface area (Å²) in [7, 11) is 0. The van der Waals surface area contributed by atoms with E-state index in [0.717, 1.165) is 44.9 Å². The first-order chi connectivity index (χ1) is 17.8. The fourth-order valence-corrected chi connectivity index (χ4v) is 4.03. The molecule has 208 valence electrons. The van der Waals surface area contributed by atoms with Gasteiger partial charge in [0.05, 0.1) is 0 Å². The number of hydrogen-bond acceptors (Lipinski definition) is 0. The van der Waals surface area contributed by atoms with Gasteiger partial charge in [0.15, 0.2) is 0 Å². The molecule has 0 aliphatic heterocycles. The van der Waals surface area contributed by atoms with Crippen LogP contribution in [0.3, 0.4) is 0 Å². The molecule has 0 saturated carbocycles. The summed E-state index contributed by atoms with van der Waals surface area (Å²) < 4.78 is 0. The molecule has 0 N–H and O–H groups in total. The van der Waals surface area contributed by atoms with Gasteiger partial charge in [-0.15, -0.1) is 0 Å². The summed E-state index contributed by atoms with van der Waals surface area (Å²) in [5.41, 5.74) is 12.8. The third-order valence-electron chi connectivity index (χ3n) is 6.35. The average Bonchev–Trinajstić information content (AvgIpc) is 2.94. The lowest BCUT2D eigenvalue weighted by atomic mass is 9.97. The number of allylic oxidation sites excluding steroid dienone is 5. The van der Waals surface area contributed by atoms with Crippen LogP contribution in [0.1, 0.15) is 122 Å². The second-order valence-electron chi connectivity index (χ2n) is 9.16. The zero-order valence-corrected chi connectivity index (χ0v) is 26.8. The highest BCUT2D eigenvalue weighted by molar-refractivity contribution is 5.33. The van der Waals surface area contributed by atoms with E-state index >= 15 is 0 Å². The molecule has 0 unspecified atom stereocenters. The number of rotatable bonds is 11. The van der Waals surface area contributed by atoms with Gasteiger partial charge in [0.2, 0.25) is 0 Å². The molecule has 0 spiro atoms. The van der Waals surface area contributed by atoms with E-state index in [9.17, 15) is 0 Å². The minimum Gasteiger partial charge on any atom is -0.0995 e. The topological polar surface area (TPSA) is 0 Å². The second-order valence-corrected chi connectivity index (χ2v) is 9.16. The van der Waals surface area contributed by atoms with E-state index in [1.807, 2.05) is 41.5 Å². The zero-order chi connectivity index (χ0) is 28.8. The van der Waals surface area contributed by atoms with Crippen LogP contribution in [0.15, 0.2) is 71.8 Å². The van der Waals surface area contributed by atoms with E-state index in [-0.39, 0.29) is 0 Å². The predicted molar refractivity (Wildman–Crippen MR) is 173 cm³/mol. The van der Waals surface area contributed by atoms with Crippen molar-refractivity contribution < 1.29 is 0 Å². The maximum absolute atomic E-state index is 4.32. The van der Waals surface area contributed by atoms with E-state index in [2.05, 4.69) is 96.7 Å². The normalized spacial score (nSPS) is 10.8. The monoisotopic (exact) mass is 504 g/mol. The Morgan fingerprint density at radius 2 is 1.14 bits per heavy atom. The summed E-state index contributed by atoms with van der Waals surface area (Å²) in [4.78, 5) is 0. The lowest BCUT2D eigenvalue weighted by Gasteiger charge is -2.09. The van der Waals surface area contributed by atoms with Crippen molar-refractivity contribution in [2.75, 3.05) is 0 Å². The van der Waals surface area contributed by atoms with Gasteiger partial charge >= 0.3 is 0 Å². The molecule has 0 saturated heterocycles. The lowest BCUT2D eigenvalue weighted by Crippen LogP contribution is -1.93. The summed E-state index contributed by atoms with van der Waals surface area (Å²) in [5.74, 6) is 0. The maximum atomic E-state index is 4.32. The van der Waals surface area contributed by atoms with Crippen molar-refractivity contribution in [3.63, 3.8) is 0 Å². The van der Waals surface area contributed by atoms with E-state index in [0.29, 0.717) is 0 Å². The Bertz CT molecular complexity index is 937. The maximum Gasteiger partial charge on any atom is -0.00697 e. The third-order valence-corrected chi connectivity index (χ3v) is 6.35. The van der Waals surface area contributed by atoms with Crippen LogP contribution in [0.2, 0.25) is 0 Å². The van der Waals surface area contributed by atoms with Crippen molar-refractivity contribution in [2.45, 2.75) is 128 Å². The summed E-state index contributed by atoms with van der Waals surface area (Å²) in [6.07, 6.45) is 12.2. The Morgan fingerprint density at radius 1 is 0.676 bits per heavy atom. The zero-order valence-electron chi connectivity index (χ0n) is 26.8. The van der Waals surface area contributed by atoms with Crippen LogP contribution < -0.4 is 0 Å². The van der Waals surface area contributed by atoms with E-state index in [4.69, 9.17) is 0 Å². The van der Waals surface area contributed by atoms with Gasteiger partial charge in [0.25, 0.3) is 0 Å². The Balaban J connectivity index is 0. The van der Waals surface area contributed by atoms with Crippen molar-refractivity contribution in [2.24, 2.45) is 0 Å². The molecule has 0 heterocycles. The molecule has 2 aromatic carbocycles. The summed E-state index contributed by atoms with van der Waals surface area (Å²) >= 11 is 0. The Labute approximate surface area is 233 Å². The molecule has 0 bridgehead atoms. The molecule has 0 aromatic heterocycles. The molecule has 0 aliphatic rings. The van der Waals surface area contributed by atoms with Crippen molar-refractivity contribution in [3.8, 4) is 0 Å². The first-order valence-electron chi connectivity index (χ1n) is 15.0. The Hall–Kier alpha value is -2.34. The molecule has 37 heavy (non-hydrogen) atoms. The van der Waals surface area contributed by atoms with Crippen LogP contribution in [0.4, 0.5) is 0 Å². The number of aryl methyl sites for hydroxylation is 5. The van der Waals surface area contributed by atoms with Gasteiger partial charge < -0.3 is 0 Å². The molecule has 2 aromatic rings. The van der Waals surface area contributed by atoms with E-state index in [1.54, 1.807) is 0 Å². The largest absolute Gasteiger partial charge is 0.0995 e. The molecule has 0 radical (unpaired) electrons. The molecular formula is C37H60. The minimum absolute atomic E-state index is 0.989. The molecule has 0 aliphatic carbocycles. The number of hydrogen-bond donors (Lipinski definition) is 0. The lowest BCUT2D eigenvalue weighted by molar-refractivity contribution is 0.906. The van der Waals surface area contributed by atoms with Crippen molar-refractivity contribution in [1.82, 2.24) is 0 Å². The van der Waals surface area contributed by atoms with Gasteiger partial charge in [0, 0.05) is 0 Å². The van der Waals surface area contributed by atoms with Crippen molar-refractivity contribution >= 4 is 0 Å². The van der Waals surface area contributed by atoms with Gasteiger partial charge in [0.1, 0.15) is 0 Å². The van der Waals surface area contributed by atoms with Crippen LogP contribution in [0.25, 0.3) is 0 Å². The van der Waals surface area contributed by atoms with E-state index < -0.39 is 0 Å². The Kier molecular flexibility index (Phi) is 22.7. The molecule has 0 nitrogen and oxygen atoms in total. The van der Waals surface area contributed by atoms with Crippen LogP contribution in [-0.2, 0) is 25.7 Å². The van der Waals surface area contributed by atoms with E-state index in [1.165, 1.54) is 50.1 Å². The molecule has 2 rings (SSSR count). The Morgan fingerprint density at radius 3 is 1.65 bits per heavy atom. The summed E-state index contributed by atoms with van der Waals surface area (Å²) in [6.45, 7) is 29.7. The fraction of sp³-hybridized carbons (Fsp3) is 0.514. The standard InChI is InChI=1S/C31H42.3C2H6/c1-8-30-21-28(18-15-26(30)6)17-14-24(4)11-10-23(3)12-13-25(5)20-29-19-16-27(7)31(9-2)22-29;3*1-2/h10,13,15-16,18-19,21-22H,4,8-9,11-12,14,17,20H2,1-3,5-7H3;3*1-2H3/b23-10-,25-13+;;;. The van der Waals surface area contributed by atoms with Crippen molar-refractivity contribution in [3.05, 3.63) is 105 Å². The van der Waals surface area contributed by atoms with Crippen LogP contribution in [0, 0.1) is 13.8 Å². The second kappa shape index (κ2) is 22.8. The minimum atomic E-state index is 0.989. The highest BCUT2D eigenvalue weighted by Crippen LogP contribution is 2.18. The van der Waals surface area contributed by atoms with Gasteiger partial charge in [-0.2, -0.15) is 0 Å². The van der Waals surface area contributed by atoms with Gasteiger partial charge in [-0.05, 0) is 106 Å². The highest BCUT2D eigenvalue weighted by Gasteiger charge is 2.02. The van der Waals surface area contributed by atoms with Gasteiger partial charge in [-0.25, -0.2) is 0 Å². The predicted octanol–water partition coefficient (Wildman–Crippen LogP) is 11.9. The highest BCUT2D eigenvalue weighted by atomic mass is 14.1. The van der Waals surface area contributed by atoms with Crippen LogP contribution in [0.5, 0.6) is 0 Å². The molecule has 0 heteroatoms. The molecular weight excluding hydrogens is 444 g/mol. The average molecular weight is 505 g/mol. The number of benzene rings is 2. The fourth-order valence-electron chi connectivity index (χ4n) is 4.03. The molecule has 0 amide bonds. The van der Waals surface area contributed by atoms with Crippen molar-refractivity contribution in [1.29, 1.82) is 0 Å². The summed E-state index contributed by atoms with van der Waals surface area (Å²) in [5, 5.41) is 0. The first-order valence-corrected chi connectivity index (χ1v) is 15.0. The van der Waals surface area contributed by atoms with Gasteiger partial charge in [-0.3, -0.25) is 0 Å². The smallest absolute Gasteiger partial charge is 0.00697 e. The van der Waals surface area contributed by atoms with Crippen LogP contribution in [-0.4, -0.2) is 0 Å². The first kappa shape index (κ1) is 36.8. The SMILES string of the molecule is C=C(C/C=C(/C)C/C=C(\C)Cc1ccc(C)c(CC)c1)CCc1ccc(C)c(CC)c1.CC.CC.CC. The molecule has 0 fully saturated rings. The van der Waals surface area contributed by atoms with Gasteiger partial charge in [-0.1, -0.05) is 127 Å². The quantitative estimate of drug-likeness (QED) is 0.267. The third kappa shape index (κ3) is 15.5. The molecule has 0 atom stereocenters. The van der Waals surface area contributed by atoms with Crippen LogP contribution >= 0.6 is 0 Å². The summed E-state index contributed by atoms with van der Waals surface area (Å²) in [6, 6.07) is 13.8.